The van der Waals surface area contributed by atoms with E-state index in [0.29, 0.717) is 11.7 Å². The van der Waals surface area contributed by atoms with Gasteiger partial charge in [-0.05, 0) is 73.9 Å². The van der Waals surface area contributed by atoms with Gasteiger partial charge in [0.25, 0.3) is 0 Å². The van der Waals surface area contributed by atoms with Crippen molar-refractivity contribution in [3.8, 4) is 5.75 Å². The lowest BCUT2D eigenvalue weighted by Crippen LogP contribution is -2.29. The highest BCUT2D eigenvalue weighted by molar-refractivity contribution is 7.80. The Labute approximate surface area is 141 Å². The van der Waals surface area contributed by atoms with E-state index in [0.717, 1.165) is 36.4 Å². The summed E-state index contributed by atoms with van der Waals surface area (Å²) in [4.78, 5) is 0. The van der Waals surface area contributed by atoms with Gasteiger partial charge in [0.05, 0.1) is 6.61 Å². The SMILES string of the molecule is CCOc1ccc(NC(=S)NCCCc2ccc(F)cc2)cc1. The maximum absolute atomic E-state index is 12.8. The Hall–Kier alpha value is -2.14. The predicted octanol–water partition coefficient (Wildman–Crippen LogP) is 4.14. The van der Waals surface area contributed by atoms with Crippen molar-refractivity contribution >= 4 is 23.0 Å². The van der Waals surface area contributed by atoms with Gasteiger partial charge in [0.15, 0.2) is 5.11 Å². The summed E-state index contributed by atoms with van der Waals surface area (Å²) in [5, 5.41) is 6.89. The normalized spacial score (nSPS) is 10.2. The Balaban J connectivity index is 1.67. The first-order valence-electron chi connectivity index (χ1n) is 7.69. The van der Waals surface area contributed by atoms with Crippen molar-refractivity contribution in [2.45, 2.75) is 19.8 Å². The molecule has 23 heavy (non-hydrogen) atoms. The maximum atomic E-state index is 12.8. The summed E-state index contributed by atoms with van der Waals surface area (Å²) in [7, 11) is 0. The molecule has 0 bridgehead atoms. The summed E-state index contributed by atoms with van der Waals surface area (Å²) in [6, 6.07) is 14.3. The van der Waals surface area contributed by atoms with E-state index in [2.05, 4.69) is 10.6 Å². The molecule has 0 heterocycles. The molecule has 5 heteroatoms. The van der Waals surface area contributed by atoms with Gasteiger partial charge in [-0.2, -0.15) is 0 Å². The Bertz CT molecular complexity index is 614. The second-order valence-electron chi connectivity index (χ2n) is 5.07. The molecule has 0 fully saturated rings. The third kappa shape index (κ3) is 6.24. The molecule has 3 nitrogen and oxygen atoms in total. The molecule has 2 aromatic carbocycles. The summed E-state index contributed by atoms with van der Waals surface area (Å²) >= 11 is 5.26. The summed E-state index contributed by atoms with van der Waals surface area (Å²) in [5.74, 6) is 0.642. The zero-order chi connectivity index (χ0) is 16.5. The van der Waals surface area contributed by atoms with E-state index in [1.54, 1.807) is 0 Å². The topological polar surface area (TPSA) is 33.3 Å². The smallest absolute Gasteiger partial charge is 0.170 e. The highest BCUT2D eigenvalue weighted by atomic mass is 32.1. The molecule has 0 saturated carbocycles. The fourth-order valence-corrected chi connectivity index (χ4v) is 2.34. The van der Waals surface area contributed by atoms with Gasteiger partial charge in [-0.3, -0.25) is 0 Å². The number of rotatable bonds is 7. The molecule has 0 atom stereocenters. The minimum Gasteiger partial charge on any atom is -0.494 e. The van der Waals surface area contributed by atoms with Crippen LogP contribution in [0.15, 0.2) is 48.5 Å². The van der Waals surface area contributed by atoms with Gasteiger partial charge in [-0.1, -0.05) is 12.1 Å². The van der Waals surface area contributed by atoms with Crippen molar-refractivity contribution in [3.05, 3.63) is 59.9 Å². The first-order valence-corrected chi connectivity index (χ1v) is 8.10. The molecular weight excluding hydrogens is 311 g/mol. The largest absolute Gasteiger partial charge is 0.494 e. The van der Waals surface area contributed by atoms with Crippen molar-refractivity contribution < 1.29 is 9.13 Å². The Morgan fingerprint density at radius 1 is 1.09 bits per heavy atom. The van der Waals surface area contributed by atoms with E-state index < -0.39 is 0 Å². The average Bonchev–Trinajstić information content (AvgIpc) is 2.55. The van der Waals surface area contributed by atoms with Crippen molar-refractivity contribution in [2.24, 2.45) is 0 Å². The Morgan fingerprint density at radius 2 is 1.78 bits per heavy atom. The van der Waals surface area contributed by atoms with Crippen molar-refractivity contribution in [1.82, 2.24) is 5.32 Å². The van der Waals surface area contributed by atoms with E-state index in [4.69, 9.17) is 17.0 Å². The molecule has 2 aromatic rings. The fourth-order valence-electron chi connectivity index (χ4n) is 2.12. The van der Waals surface area contributed by atoms with Gasteiger partial charge in [0, 0.05) is 12.2 Å². The molecular formula is C18H21FN2OS. The minimum absolute atomic E-state index is 0.201. The number of anilines is 1. The lowest BCUT2D eigenvalue weighted by molar-refractivity contribution is 0.340. The summed E-state index contributed by atoms with van der Waals surface area (Å²) in [5.41, 5.74) is 2.04. The number of hydrogen-bond donors (Lipinski definition) is 2. The van der Waals surface area contributed by atoms with Crippen LogP contribution in [0.5, 0.6) is 5.75 Å². The second kappa shape index (κ2) is 9.10. The molecule has 2 rings (SSSR count). The highest BCUT2D eigenvalue weighted by Gasteiger charge is 1.99. The van der Waals surface area contributed by atoms with Crippen LogP contribution in [0.25, 0.3) is 0 Å². The summed E-state index contributed by atoms with van der Waals surface area (Å²) in [6.07, 6.45) is 1.82. The summed E-state index contributed by atoms with van der Waals surface area (Å²) < 4.78 is 18.2. The van der Waals surface area contributed by atoms with Crippen LogP contribution in [0.1, 0.15) is 18.9 Å². The van der Waals surface area contributed by atoms with E-state index in [1.807, 2.05) is 43.3 Å². The van der Waals surface area contributed by atoms with Gasteiger partial charge in [-0.15, -0.1) is 0 Å². The molecule has 0 aromatic heterocycles. The van der Waals surface area contributed by atoms with E-state index in [1.165, 1.54) is 12.1 Å². The van der Waals surface area contributed by atoms with Gasteiger partial charge < -0.3 is 15.4 Å². The summed E-state index contributed by atoms with van der Waals surface area (Å²) in [6.45, 7) is 3.37. The quantitative estimate of drug-likeness (QED) is 0.590. The fraction of sp³-hybridized carbons (Fsp3) is 0.278. The maximum Gasteiger partial charge on any atom is 0.170 e. The molecule has 0 unspecified atom stereocenters. The van der Waals surface area contributed by atoms with Crippen LogP contribution in [0, 0.1) is 5.82 Å². The van der Waals surface area contributed by atoms with Gasteiger partial charge in [0.2, 0.25) is 0 Å². The minimum atomic E-state index is -0.201. The third-order valence-corrected chi connectivity index (χ3v) is 3.51. The van der Waals surface area contributed by atoms with Crippen molar-refractivity contribution in [2.75, 3.05) is 18.5 Å². The monoisotopic (exact) mass is 332 g/mol. The van der Waals surface area contributed by atoms with Gasteiger partial charge in [-0.25, -0.2) is 4.39 Å². The molecule has 0 amide bonds. The lowest BCUT2D eigenvalue weighted by atomic mass is 10.1. The van der Waals surface area contributed by atoms with E-state index in [-0.39, 0.29) is 5.82 Å². The molecule has 0 spiro atoms. The van der Waals surface area contributed by atoms with Crippen LogP contribution < -0.4 is 15.4 Å². The van der Waals surface area contributed by atoms with E-state index in [9.17, 15) is 4.39 Å². The van der Waals surface area contributed by atoms with E-state index >= 15 is 0 Å². The number of nitrogens with one attached hydrogen (secondary N) is 2. The number of hydrogen-bond acceptors (Lipinski definition) is 2. The Kier molecular flexibility index (Phi) is 6.81. The first-order chi connectivity index (χ1) is 11.2. The molecule has 0 aliphatic heterocycles. The van der Waals surface area contributed by atoms with Crippen LogP contribution >= 0.6 is 12.2 Å². The van der Waals surface area contributed by atoms with Crippen LogP contribution in [0.3, 0.4) is 0 Å². The molecule has 0 aliphatic rings. The number of ether oxygens (including phenoxy) is 1. The second-order valence-corrected chi connectivity index (χ2v) is 5.48. The lowest BCUT2D eigenvalue weighted by Gasteiger charge is -2.11. The molecule has 0 saturated heterocycles. The number of benzene rings is 2. The third-order valence-electron chi connectivity index (χ3n) is 3.26. The zero-order valence-electron chi connectivity index (χ0n) is 13.1. The predicted molar refractivity (Wildman–Crippen MR) is 96.6 cm³/mol. The van der Waals surface area contributed by atoms with Crippen LogP contribution in [0.4, 0.5) is 10.1 Å². The molecule has 0 radical (unpaired) electrons. The number of aryl methyl sites for hydroxylation is 1. The van der Waals surface area contributed by atoms with Crippen LogP contribution in [-0.2, 0) is 6.42 Å². The average molecular weight is 332 g/mol. The van der Waals surface area contributed by atoms with Gasteiger partial charge in [0.1, 0.15) is 11.6 Å². The molecule has 122 valence electrons. The van der Waals surface area contributed by atoms with Gasteiger partial charge >= 0.3 is 0 Å². The molecule has 2 N–H and O–H groups in total. The standard InChI is InChI=1S/C18H21FN2OS/c1-2-22-17-11-9-16(10-12-17)21-18(23)20-13-3-4-14-5-7-15(19)8-6-14/h5-12H,2-4,13H2,1H3,(H2,20,21,23). The zero-order valence-corrected chi connectivity index (χ0v) is 14.0. The van der Waals surface area contributed by atoms with Crippen LogP contribution in [0.2, 0.25) is 0 Å². The van der Waals surface area contributed by atoms with Crippen LogP contribution in [-0.4, -0.2) is 18.3 Å². The van der Waals surface area contributed by atoms with Crippen molar-refractivity contribution in [1.29, 1.82) is 0 Å². The first kappa shape index (κ1) is 17.2. The number of thiocarbonyl (C=S) groups is 1. The number of halogens is 1. The highest BCUT2D eigenvalue weighted by Crippen LogP contribution is 2.15. The van der Waals surface area contributed by atoms with Crippen molar-refractivity contribution in [3.63, 3.8) is 0 Å². The Morgan fingerprint density at radius 3 is 2.43 bits per heavy atom. The molecule has 0 aliphatic carbocycles.